The molecule has 0 heterocycles. The van der Waals surface area contributed by atoms with E-state index in [1.54, 1.807) is 0 Å². The van der Waals surface area contributed by atoms with Crippen LogP contribution in [0.15, 0.2) is 0 Å². The lowest BCUT2D eigenvalue weighted by atomic mass is 9.97. The molecule has 2 nitrogen and oxygen atoms in total. The largest absolute Gasteiger partial charge is 0.396 e. The normalized spacial score (nSPS) is 35.3. The Morgan fingerprint density at radius 1 is 1.33 bits per heavy atom. The van der Waals surface area contributed by atoms with Crippen molar-refractivity contribution in [1.82, 2.24) is 0 Å². The van der Waals surface area contributed by atoms with Crippen molar-refractivity contribution in [3.63, 3.8) is 0 Å². The highest BCUT2D eigenvalue weighted by Gasteiger charge is 2.24. The van der Waals surface area contributed by atoms with Crippen molar-refractivity contribution >= 4 is 0 Å². The molecule has 1 aliphatic carbocycles. The summed E-state index contributed by atoms with van der Waals surface area (Å²) in [5.41, 5.74) is 5.49. The van der Waals surface area contributed by atoms with Crippen LogP contribution in [-0.4, -0.2) is 18.3 Å². The summed E-state index contributed by atoms with van der Waals surface area (Å²) in [5, 5.41) is 8.81. The Balaban J connectivity index is 2.32. The number of hydrogen-bond donors (Lipinski definition) is 2. The lowest BCUT2D eigenvalue weighted by molar-refractivity contribution is 0.197. The van der Waals surface area contributed by atoms with E-state index in [2.05, 4.69) is 0 Å². The van der Waals surface area contributed by atoms with Crippen molar-refractivity contribution in [3.05, 3.63) is 0 Å². The van der Waals surface area contributed by atoms with Crippen LogP contribution in [0.25, 0.3) is 0 Å². The van der Waals surface area contributed by atoms with E-state index in [4.69, 9.17) is 10.8 Å². The Morgan fingerprint density at radius 3 is 2.44 bits per heavy atom. The van der Waals surface area contributed by atoms with Crippen molar-refractivity contribution < 1.29 is 5.11 Å². The van der Waals surface area contributed by atoms with Gasteiger partial charge in [-0.1, -0.05) is 6.42 Å². The van der Waals surface area contributed by atoms with Gasteiger partial charge in [0.25, 0.3) is 0 Å². The molecule has 1 fully saturated rings. The number of rotatable bonds is 2. The third kappa shape index (κ3) is 1.43. The summed E-state index contributed by atoms with van der Waals surface area (Å²) < 4.78 is 0. The Hall–Kier alpha value is -0.0800. The van der Waals surface area contributed by atoms with E-state index in [0.717, 1.165) is 6.54 Å². The number of hydrogen-bond acceptors (Lipinski definition) is 2. The van der Waals surface area contributed by atoms with Gasteiger partial charge in [-0.15, -0.1) is 0 Å². The smallest absolute Gasteiger partial charge is 0.0462 e. The summed E-state index contributed by atoms with van der Waals surface area (Å²) in [5.74, 6) is 1.12. The van der Waals surface area contributed by atoms with Crippen LogP contribution in [0.2, 0.25) is 0 Å². The third-order valence-corrected chi connectivity index (χ3v) is 2.35. The maximum atomic E-state index is 8.81. The predicted molar refractivity (Wildman–Crippen MR) is 37.0 cm³/mol. The molecular formula is C7H15NO. The average Bonchev–Trinajstić information content (AvgIpc) is 2.33. The monoisotopic (exact) mass is 129 g/mol. The molecule has 0 saturated heterocycles. The van der Waals surface area contributed by atoms with Crippen molar-refractivity contribution in [2.75, 3.05) is 13.2 Å². The molecule has 1 rings (SSSR count). The number of nitrogens with two attached hydrogens (primary N) is 1. The lowest BCUT2D eigenvalue weighted by Gasteiger charge is -2.13. The van der Waals surface area contributed by atoms with Crippen LogP contribution in [0.5, 0.6) is 0 Å². The summed E-state index contributed by atoms with van der Waals surface area (Å²) >= 11 is 0. The van der Waals surface area contributed by atoms with Crippen LogP contribution in [0.1, 0.15) is 19.3 Å². The fraction of sp³-hybridized carbons (Fsp3) is 1.00. The first-order valence-electron chi connectivity index (χ1n) is 3.69. The molecule has 0 spiro atoms. The Morgan fingerprint density at radius 2 is 2.00 bits per heavy atom. The Bertz CT molecular complexity index is 75.0. The van der Waals surface area contributed by atoms with Gasteiger partial charge in [0, 0.05) is 6.61 Å². The van der Waals surface area contributed by atoms with Crippen molar-refractivity contribution in [2.24, 2.45) is 17.6 Å². The van der Waals surface area contributed by atoms with Gasteiger partial charge in [-0.2, -0.15) is 0 Å². The second-order valence-corrected chi connectivity index (χ2v) is 2.87. The Kier molecular flexibility index (Phi) is 2.49. The van der Waals surface area contributed by atoms with Gasteiger partial charge in [0.2, 0.25) is 0 Å². The predicted octanol–water partition coefficient (Wildman–Crippen LogP) is 0.354. The van der Waals surface area contributed by atoms with Crippen LogP contribution in [0, 0.1) is 11.8 Å². The van der Waals surface area contributed by atoms with Crippen LogP contribution in [0.4, 0.5) is 0 Å². The zero-order valence-corrected chi connectivity index (χ0v) is 5.71. The summed E-state index contributed by atoms with van der Waals surface area (Å²) in [4.78, 5) is 0. The fourth-order valence-electron chi connectivity index (χ4n) is 1.66. The summed E-state index contributed by atoms with van der Waals surface area (Å²) in [6.45, 7) is 1.09. The lowest BCUT2D eigenvalue weighted by Crippen LogP contribution is -2.20. The standard InChI is InChI=1S/C7H15NO/c8-4-6-2-1-3-7(6)5-9/h6-7,9H,1-5,8H2/t6-,7-/m0/s1. The molecule has 0 bridgehead atoms. The molecule has 3 N–H and O–H groups in total. The molecule has 2 heteroatoms. The molecule has 0 aromatic carbocycles. The molecule has 54 valence electrons. The van der Waals surface area contributed by atoms with Gasteiger partial charge >= 0.3 is 0 Å². The van der Waals surface area contributed by atoms with Gasteiger partial charge in [-0.05, 0) is 31.2 Å². The zero-order valence-electron chi connectivity index (χ0n) is 5.71. The Labute approximate surface area is 56.1 Å². The number of aliphatic hydroxyl groups is 1. The molecule has 0 radical (unpaired) electrons. The van der Waals surface area contributed by atoms with Gasteiger partial charge in [0.15, 0.2) is 0 Å². The van der Waals surface area contributed by atoms with Gasteiger partial charge in [-0.3, -0.25) is 0 Å². The van der Waals surface area contributed by atoms with E-state index in [1.807, 2.05) is 0 Å². The molecule has 0 aromatic rings. The number of aliphatic hydroxyl groups excluding tert-OH is 1. The third-order valence-electron chi connectivity index (χ3n) is 2.35. The van der Waals surface area contributed by atoms with Crippen LogP contribution in [-0.2, 0) is 0 Å². The minimum Gasteiger partial charge on any atom is -0.396 e. The van der Waals surface area contributed by atoms with E-state index in [-0.39, 0.29) is 0 Å². The minimum atomic E-state index is 0.335. The van der Waals surface area contributed by atoms with Crippen molar-refractivity contribution in [3.8, 4) is 0 Å². The van der Waals surface area contributed by atoms with Crippen LogP contribution < -0.4 is 5.73 Å². The quantitative estimate of drug-likeness (QED) is 0.565. The first-order valence-corrected chi connectivity index (χ1v) is 3.69. The first-order chi connectivity index (χ1) is 4.38. The summed E-state index contributed by atoms with van der Waals surface area (Å²) in [6, 6.07) is 0. The molecule has 0 aliphatic heterocycles. The molecule has 0 unspecified atom stereocenters. The molecular weight excluding hydrogens is 114 g/mol. The fourth-order valence-corrected chi connectivity index (χ4v) is 1.66. The molecule has 1 aliphatic rings. The topological polar surface area (TPSA) is 46.2 Å². The molecule has 9 heavy (non-hydrogen) atoms. The van der Waals surface area contributed by atoms with Crippen molar-refractivity contribution in [1.29, 1.82) is 0 Å². The van der Waals surface area contributed by atoms with Gasteiger partial charge in [0.1, 0.15) is 0 Å². The average molecular weight is 129 g/mol. The highest BCUT2D eigenvalue weighted by Crippen LogP contribution is 2.29. The zero-order chi connectivity index (χ0) is 6.69. The first kappa shape index (κ1) is 7.03. The maximum Gasteiger partial charge on any atom is 0.0462 e. The van der Waals surface area contributed by atoms with E-state index < -0.39 is 0 Å². The highest BCUT2D eigenvalue weighted by molar-refractivity contribution is 4.76. The second-order valence-electron chi connectivity index (χ2n) is 2.87. The molecule has 0 amide bonds. The van der Waals surface area contributed by atoms with Gasteiger partial charge < -0.3 is 10.8 Å². The van der Waals surface area contributed by atoms with Crippen molar-refractivity contribution in [2.45, 2.75) is 19.3 Å². The highest BCUT2D eigenvalue weighted by atomic mass is 16.3. The maximum absolute atomic E-state index is 8.81. The minimum absolute atomic E-state index is 0.335. The summed E-state index contributed by atoms with van der Waals surface area (Å²) in [7, 11) is 0. The summed E-state index contributed by atoms with van der Waals surface area (Å²) in [6.07, 6.45) is 3.66. The van der Waals surface area contributed by atoms with Gasteiger partial charge in [0.05, 0.1) is 0 Å². The van der Waals surface area contributed by atoms with Crippen LogP contribution >= 0.6 is 0 Å². The van der Waals surface area contributed by atoms with E-state index in [0.29, 0.717) is 18.4 Å². The van der Waals surface area contributed by atoms with E-state index >= 15 is 0 Å². The van der Waals surface area contributed by atoms with E-state index in [9.17, 15) is 0 Å². The SMILES string of the molecule is NC[C@@H]1CCC[C@H]1CO. The second kappa shape index (κ2) is 3.18. The molecule has 1 saturated carbocycles. The van der Waals surface area contributed by atoms with Gasteiger partial charge in [-0.25, -0.2) is 0 Å². The molecule has 0 aromatic heterocycles. The van der Waals surface area contributed by atoms with E-state index in [1.165, 1.54) is 19.3 Å². The molecule has 2 atom stereocenters. The van der Waals surface area contributed by atoms with Crippen LogP contribution in [0.3, 0.4) is 0 Å².